The molecule has 0 aliphatic rings. The zero-order chi connectivity index (χ0) is 17.0. The molecule has 0 bridgehead atoms. The Kier molecular flexibility index (Phi) is 5.59. The number of aromatic nitrogens is 2. The topological polar surface area (TPSA) is 64.0 Å². The van der Waals surface area contributed by atoms with Gasteiger partial charge in [0, 0.05) is 25.0 Å². The average Bonchev–Trinajstić information content (AvgIpc) is 3.02. The molecule has 126 valence electrons. The van der Waals surface area contributed by atoms with E-state index in [9.17, 15) is 8.42 Å². The minimum atomic E-state index is -3.27. The second-order valence-electron chi connectivity index (χ2n) is 6.06. The van der Waals surface area contributed by atoms with Crippen LogP contribution in [-0.4, -0.2) is 36.5 Å². The Balaban J connectivity index is 1.96. The summed E-state index contributed by atoms with van der Waals surface area (Å²) in [5.74, 6) is 0.0907. The molecule has 1 heterocycles. The summed E-state index contributed by atoms with van der Waals surface area (Å²) in [7, 11) is -3.27. The highest BCUT2D eigenvalue weighted by Crippen LogP contribution is 2.18. The smallest absolute Gasteiger partial charge is 0.179 e. The van der Waals surface area contributed by atoms with Crippen LogP contribution in [-0.2, 0) is 9.84 Å². The number of hydrogen-bond donors (Lipinski definition) is 1. The summed E-state index contributed by atoms with van der Waals surface area (Å²) in [6.07, 6.45) is 3.66. The molecular weight excluding hydrogens is 310 g/mol. The molecule has 1 aromatic carbocycles. The van der Waals surface area contributed by atoms with Crippen LogP contribution in [0.15, 0.2) is 41.6 Å². The van der Waals surface area contributed by atoms with Gasteiger partial charge in [-0.3, -0.25) is 4.68 Å². The Hall–Kier alpha value is -1.66. The van der Waals surface area contributed by atoms with Gasteiger partial charge in [-0.1, -0.05) is 12.1 Å². The van der Waals surface area contributed by atoms with Crippen molar-refractivity contribution in [2.45, 2.75) is 44.7 Å². The molecule has 0 amide bonds. The molecule has 0 saturated carbocycles. The highest BCUT2D eigenvalue weighted by atomic mass is 32.2. The quantitative estimate of drug-likeness (QED) is 0.844. The third-order valence-corrected chi connectivity index (χ3v) is 6.03. The summed E-state index contributed by atoms with van der Waals surface area (Å²) < 4.78 is 26.9. The number of benzene rings is 1. The summed E-state index contributed by atoms with van der Waals surface area (Å²) in [5.41, 5.74) is 1.76. The van der Waals surface area contributed by atoms with Crippen molar-refractivity contribution in [3.63, 3.8) is 0 Å². The largest absolute Gasteiger partial charge is 0.311 e. The maximum atomic E-state index is 12.5. The predicted molar refractivity (Wildman–Crippen MR) is 92.4 cm³/mol. The van der Waals surface area contributed by atoms with Crippen molar-refractivity contribution < 1.29 is 8.42 Å². The summed E-state index contributed by atoms with van der Waals surface area (Å²) in [4.78, 5) is 0.437. The van der Waals surface area contributed by atoms with Gasteiger partial charge < -0.3 is 5.32 Å². The minimum absolute atomic E-state index is 0.0907. The summed E-state index contributed by atoms with van der Waals surface area (Å²) >= 11 is 0. The van der Waals surface area contributed by atoms with E-state index >= 15 is 0 Å². The molecule has 1 N–H and O–H groups in total. The molecular formula is C17H25N3O2S. The van der Waals surface area contributed by atoms with Gasteiger partial charge in [-0.15, -0.1) is 0 Å². The lowest BCUT2D eigenvalue weighted by Gasteiger charge is -2.22. The van der Waals surface area contributed by atoms with E-state index in [0.29, 0.717) is 11.4 Å². The Bertz CT molecular complexity index is 739. The maximum absolute atomic E-state index is 12.5. The van der Waals surface area contributed by atoms with Crippen molar-refractivity contribution in [3.8, 4) is 0 Å². The first-order chi connectivity index (χ1) is 10.8. The molecule has 0 radical (unpaired) electrons. The number of nitrogens with one attached hydrogen (secondary N) is 1. The van der Waals surface area contributed by atoms with Gasteiger partial charge in [0.1, 0.15) is 0 Å². The molecule has 6 heteroatoms. The molecule has 1 aromatic heterocycles. The molecule has 0 saturated heterocycles. The third-order valence-electron chi connectivity index (χ3n) is 4.18. The monoisotopic (exact) mass is 335 g/mol. The van der Waals surface area contributed by atoms with Gasteiger partial charge in [-0.2, -0.15) is 5.10 Å². The number of hydrogen-bond acceptors (Lipinski definition) is 4. The third kappa shape index (κ3) is 4.42. The lowest BCUT2D eigenvalue weighted by Crippen LogP contribution is -2.36. The van der Waals surface area contributed by atoms with Crippen LogP contribution in [0.2, 0.25) is 0 Å². The van der Waals surface area contributed by atoms with E-state index in [4.69, 9.17) is 0 Å². The predicted octanol–water partition coefficient (Wildman–Crippen LogP) is 2.51. The summed E-state index contributed by atoms with van der Waals surface area (Å²) in [6, 6.07) is 7.71. The van der Waals surface area contributed by atoms with Crippen LogP contribution in [0.1, 0.15) is 31.0 Å². The fourth-order valence-electron chi connectivity index (χ4n) is 2.49. The van der Waals surface area contributed by atoms with Crippen LogP contribution < -0.4 is 5.32 Å². The standard InChI is InChI=1S/C17H25N3O2S/c1-13-6-7-14(2)17(12-13)23(21,22)11-9-18-15(3)16(4)20-10-5-8-19-20/h5-8,10,12,15-16,18H,9,11H2,1-4H3/t15-,16+/m1/s1. The van der Waals surface area contributed by atoms with E-state index in [1.807, 2.05) is 49.8 Å². The molecule has 0 aliphatic carbocycles. The second kappa shape index (κ2) is 7.27. The van der Waals surface area contributed by atoms with Gasteiger partial charge in [-0.25, -0.2) is 8.42 Å². The van der Waals surface area contributed by atoms with E-state index in [0.717, 1.165) is 11.1 Å². The van der Waals surface area contributed by atoms with Crippen molar-refractivity contribution in [1.29, 1.82) is 0 Å². The number of nitrogens with zero attached hydrogens (tertiary/aromatic N) is 2. The van der Waals surface area contributed by atoms with Gasteiger partial charge in [0.2, 0.25) is 0 Å². The Morgan fingerprint density at radius 1 is 1.26 bits per heavy atom. The fourth-order valence-corrected chi connectivity index (χ4v) is 4.03. The van der Waals surface area contributed by atoms with Crippen LogP contribution in [0.3, 0.4) is 0 Å². The molecule has 0 spiro atoms. The van der Waals surface area contributed by atoms with Crippen LogP contribution in [0.4, 0.5) is 0 Å². The van der Waals surface area contributed by atoms with Crippen molar-refractivity contribution in [2.75, 3.05) is 12.3 Å². The lowest BCUT2D eigenvalue weighted by molar-refractivity contribution is 0.372. The van der Waals surface area contributed by atoms with Gasteiger partial charge in [0.15, 0.2) is 9.84 Å². The first kappa shape index (κ1) is 17.7. The van der Waals surface area contributed by atoms with Crippen molar-refractivity contribution in [2.24, 2.45) is 0 Å². The van der Waals surface area contributed by atoms with E-state index in [-0.39, 0.29) is 17.8 Å². The lowest BCUT2D eigenvalue weighted by atomic mass is 10.2. The summed E-state index contributed by atoms with van der Waals surface area (Å²) in [5, 5.41) is 7.51. The SMILES string of the molecule is Cc1ccc(C)c(S(=O)(=O)CCN[C@H](C)[C@H](C)n2cccn2)c1. The molecule has 2 atom stereocenters. The van der Waals surface area contributed by atoms with Crippen molar-refractivity contribution in [3.05, 3.63) is 47.8 Å². The number of aryl methyl sites for hydroxylation is 2. The summed E-state index contributed by atoms with van der Waals surface area (Å²) in [6.45, 7) is 8.26. The zero-order valence-electron chi connectivity index (χ0n) is 14.2. The fraction of sp³-hybridized carbons (Fsp3) is 0.471. The minimum Gasteiger partial charge on any atom is -0.311 e. The molecule has 5 nitrogen and oxygen atoms in total. The van der Waals surface area contributed by atoms with Gasteiger partial charge in [0.05, 0.1) is 16.7 Å². The van der Waals surface area contributed by atoms with Gasteiger partial charge in [-0.05, 0) is 51.0 Å². The van der Waals surface area contributed by atoms with Crippen LogP contribution >= 0.6 is 0 Å². The first-order valence-electron chi connectivity index (χ1n) is 7.84. The zero-order valence-corrected chi connectivity index (χ0v) is 15.0. The molecule has 2 rings (SSSR count). The Labute approximate surface area is 138 Å². The highest BCUT2D eigenvalue weighted by Gasteiger charge is 2.19. The number of sulfone groups is 1. The maximum Gasteiger partial charge on any atom is 0.179 e. The highest BCUT2D eigenvalue weighted by molar-refractivity contribution is 7.91. The van der Waals surface area contributed by atoms with E-state index in [1.165, 1.54) is 0 Å². The first-order valence-corrected chi connectivity index (χ1v) is 9.49. The molecule has 23 heavy (non-hydrogen) atoms. The van der Waals surface area contributed by atoms with E-state index in [1.54, 1.807) is 12.3 Å². The molecule has 0 fully saturated rings. The normalized spacial score (nSPS) is 14.6. The van der Waals surface area contributed by atoms with Gasteiger partial charge in [0.25, 0.3) is 0 Å². The van der Waals surface area contributed by atoms with Crippen LogP contribution in [0.25, 0.3) is 0 Å². The van der Waals surface area contributed by atoms with Crippen molar-refractivity contribution in [1.82, 2.24) is 15.1 Å². The van der Waals surface area contributed by atoms with Crippen LogP contribution in [0, 0.1) is 13.8 Å². The molecule has 2 aromatic rings. The Morgan fingerprint density at radius 3 is 2.65 bits per heavy atom. The van der Waals surface area contributed by atoms with Crippen LogP contribution in [0.5, 0.6) is 0 Å². The molecule has 0 aliphatic heterocycles. The van der Waals surface area contributed by atoms with Crippen molar-refractivity contribution >= 4 is 9.84 Å². The van der Waals surface area contributed by atoms with E-state index < -0.39 is 9.84 Å². The second-order valence-corrected chi connectivity index (χ2v) is 8.13. The Morgan fingerprint density at radius 2 is 2.00 bits per heavy atom. The molecule has 0 unspecified atom stereocenters. The number of rotatable bonds is 7. The van der Waals surface area contributed by atoms with Gasteiger partial charge >= 0.3 is 0 Å². The van der Waals surface area contributed by atoms with E-state index in [2.05, 4.69) is 17.3 Å². The average molecular weight is 335 g/mol.